The molecule has 8 fully saturated rings. The Morgan fingerprint density at radius 3 is 1.94 bits per heavy atom. The first-order valence-electron chi connectivity index (χ1n) is 7.51. The van der Waals surface area contributed by atoms with Crippen LogP contribution in [0.15, 0.2) is 0 Å². The van der Waals surface area contributed by atoms with Crippen LogP contribution in [-0.4, -0.2) is 12.2 Å². The van der Waals surface area contributed by atoms with Gasteiger partial charge in [-0.25, -0.2) is 0 Å². The molecule has 8 aliphatic rings. The summed E-state index contributed by atoms with van der Waals surface area (Å²) >= 11 is 0. The highest BCUT2D eigenvalue weighted by Gasteiger charge is 2.75. The first kappa shape index (κ1) is 8.13. The van der Waals surface area contributed by atoms with Crippen LogP contribution in [0.5, 0.6) is 0 Å². The molecule has 1 heteroatoms. The molecule has 0 aromatic heterocycles. The summed E-state index contributed by atoms with van der Waals surface area (Å²) in [6.45, 7) is 1.14. The maximum absolute atomic E-state index is 6.06. The van der Waals surface area contributed by atoms with Crippen molar-refractivity contribution >= 4 is 0 Å². The van der Waals surface area contributed by atoms with Gasteiger partial charge in [-0.2, -0.15) is 0 Å². The van der Waals surface area contributed by atoms with Gasteiger partial charge >= 0.3 is 0 Å². The second-order valence-corrected chi connectivity index (χ2v) is 7.83. The van der Waals surface area contributed by atoms with Crippen molar-refractivity contribution in [3.63, 3.8) is 0 Å². The third kappa shape index (κ3) is 0.631. The highest BCUT2D eigenvalue weighted by molar-refractivity contribution is 5.23. The normalized spacial score (nSPS) is 76.5. The van der Waals surface area contributed by atoms with Crippen molar-refractivity contribution in [3.05, 3.63) is 0 Å². The third-order valence-electron chi connectivity index (χ3n) is 7.79. The summed E-state index contributed by atoms with van der Waals surface area (Å²) in [5.74, 6) is 8.84. The summed E-state index contributed by atoms with van der Waals surface area (Å²) in [5, 5.41) is 0. The molecule has 8 bridgehead atoms. The van der Waals surface area contributed by atoms with Crippen LogP contribution in [0.2, 0.25) is 0 Å². The molecular weight excluding hydrogens is 196 g/mol. The molecule has 5 atom stereocenters. The van der Waals surface area contributed by atoms with E-state index in [1.54, 1.807) is 32.1 Å². The standard InChI is InChI=1S/C15H20O/c1-7-2-12-10-4-8-5-11(9(1)10)13(3-7)14(12)15(8)6-16-15/h7-14H,1-6H2. The number of rotatable bonds is 0. The van der Waals surface area contributed by atoms with E-state index in [1.165, 1.54) is 5.92 Å². The average Bonchev–Trinajstić information content (AvgIpc) is 3.07. The van der Waals surface area contributed by atoms with Gasteiger partial charge in [0.1, 0.15) is 0 Å². The molecule has 5 unspecified atom stereocenters. The fourth-order valence-corrected chi connectivity index (χ4v) is 7.60. The SMILES string of the molecule is C1C2CC3C4CC5CC(C14)C(C2)C3C51CO1. The lowest BCUT2D eigenvalue weighted by molar-refractivity contribution is -0.234. The van der Waals surface area contributed by atoms with E-state index in [-0.39, 0.29) is 0 Å². The number of hydrogen-bond acceptors (Lipinski definition) is 1. The Hall–Kier alpha value is -0.0400. The number of hydrogen-bond donors (Lipinski definition) is 0. The fraction of sp³-hybridized carbons (Fsp3) is 1.00. The minimum Gasteiger partial charge on any atom is -0.369 e. The van der Waals surface area contributed by atoms with Gasteiger partial charge < -0.3 is 4.74 Å². The highest BCUT2D eigenvalue weighted by atomic mass is 16.6. The molecule has 1 heterocycles. The zero-order valence-corrected chi connectivity index (χ0v) is 9.77. The second-order valence-electron chi connectivity index (χ2n) is 7.83. The molecule has 1 spiro atoms. The predicted molar refractivity (Wildman–Crippen MR) is 59.7 cm³/mol. The van der Waals surface area contributed by atoms with E-state index in [4.69, 9.17) is 4.74 Å². The molecule has 7 aliphatic carbocycles. The molecule has 0 aromatic rings. The van der Waals surface area contributed by atoms with Gasteiger partial charge in [0.15, 0.2) is 0 Å². The molecule has 1 nitrogen and oxygen atoms in total. The molecule has 16 heavy (non-hydrogen) atoms. The summed E-state index contributed by atoms with van der Waals surface area (Å²) in [4.78, 5) is 0. The van der Waals surface area contributed by atoms with Gasteiger partial charge in [0.05, 0.1) is 12.2 Å². The third-order valence-corrected chi connectivity index (χ3v) is 7.79. The van der Waals surface area contributed by atoms with Crippen LogP contribution in [0, 0.1) is 47.3 Å². The minimum atomic E-state index is 0.454. The van der Waals surface area contributed by atoms with E-state index in [9.17, 15) is 0 Å². The monoisotopic (exact) mass is 216 g/mol. The molecule has 86 valence electrons. The Labute approximate surface area is 96.9 Å². The van der Waals surface area contributed by atoms with Crippen LogP contribution < -0.4 is 0 Å². The van der Waals surface area contributed by atoms with Crippen molar-refractivity contribution in [2.75, 3.05) is 6.61 Å². The quantitative estimate of drug-likeness (QED) is 0.567. The maximum Gasteiger partial charge on any atom is 0.0978 e. The molecule has 1 saturated heterocycles. The van der Waals surface area contributed by atoms with E-state index in [0.717, 1.165) is 48.0 Å². The lowest BCUT2D eigenvalue weighted by atomic mass is 9.33. The summed E-state index contributed by atoms with van der Waals surface area (Å²) in [6, 6.07) is 0. The molecule has 8 rings (SSSR count). The lowest BCUT2D eigenvalue weighted by Gasteiger charge is -2.71. The first-order valence-corrected chi connectivity index (χ1v) is 7.51. The fourth-order valence-electron chi connectivity index (χ4n) is 7.60. The van der Waals surface area contributed by atoms with Crippen molar-refractivity contribution in [3.8, 4) is 0 Å². The van der Waals surface area contributed by atoms with Crippen LogP contribution in [0.4, 0.5) is 0 Å². The van der Waals surface area contributed by atoms with Crippen LogP contribution in [-0.2, 0) is 4.74 Å². The van der Waals surface area contributed by atoms with Gasteiger partial charge in [-0.05, 0) is 79.4 Å². The van der Waals surface area contributed by atoms with Gasteiger partial charge in [-0.3, -0.25) is 0 Å². The molecule has 0 radical (unpaired) electrons. The number of ether oxygens (including phenoxy) is 1. The second kappa shape index (κ2) is 2.13. The minimum absolute atomic E-state index is 0.454. The predicted octanol–water partition coefficient (Wildman–Crippen LogP) is 2.70. The molecule has 1 aliphatic heterocycles. The van der Waals surface area contributed by atoms with E-state index in [2.05, 4.69) is 0 Å². The Morgan fingerprint density at radius 2 is 1.31 bits per heavy atom. The van der Waals surface area contributed by atoms with Crippen LogP contribution in [0.3, 0.4) is 0 Å². The Kier molecular flexibility index (Phi) is 1.08. The first-order chi connectivity index (χ1) is 7.87. The van der Waals surface area contributed by atoms with Gasteiger partial charge in [-0.15, -0.1) is 0 Å². The Morgan fingerprint density at radius 1 is 0.750 bits per heavy atom. The molecule has 0 aromatic carbocycles. The zero-order valence-electron chi connectivity index (χ0n) is 9.77. The van der Waals surface area contributed by atoms with Crippen LogP contribution >= 0.6 is 0 Å². The van der Waals surface area contributed by atoms with Crippen molar-refractivity contribution < 1.29 is 4.74 Å². The average molecular weight is 216 g/mol. The summed E-state index contributed by atoms with van der Waals surface area (Å²) in [6.07, 6.45) is 7.92. The molecule has 0 amide bonds. The molecular formula is C15H20O. The largest absolute Gasteiger partial charge is 0.369 e. The lowest BCUT2D eigenvalue weighted by Crippen LogP contribution is -2.68. The van der Waals surface area contributed by atoms with Crippen LogP contribution in [0.25, 0.3) is 0 Å². The van der Waals surface area contributed by atoms with Crippen LogP contribution in [0.1, 0.15) is 32.1 Å². The topological polar surface area (TPSA) is 12.5 Å². The Bertz CT molecular complexity index is 361. The molecule has 0 N–H and O–H groups in total. The highest BCUT2D eigenvalue weighted by Crippen LogP contribution is 2.76. The summed E-state index contributed by atoms with van der Waals surface area (Å²) < 4.78 is 6.06. The van der Waals surface area contributed by atoms with Crippen molar-refractivity contribution in [2.24, 2.45) is 47.3 Å². The van der Waals surface area contributed by atoms with Gasteiger partial charge in [-0.1, -0.05) is 0 Å². The molecule has 7 saturated carbocycles. The number of epoxide rings is 1. The van der Waals surface area contributed by atoms with Crippen molar-refractivity contribution in [2.45, 2.75) is 37.7 Å². The smallest absolute Gasteiger partial charge is 0.0978 e. The van der Waals surface area contributed by atoms with E-state index in [1.807, 2.05) is 0 Å². The van der Waals surface area contributed by atoms with E-state index >= 15 is 0 Å². The maximum atomic E-state index is 6.06. The van der Waals surface area contributed by atoms with Crippen molar-refractivity contribution in [1.29, 1.82) is 0 Å². The van der Waals surface area contributed by atoms with Gasteiger partial charge in [0.25, 0.3) is 0 Å². The van der Waals surface area contributed by atoms with Gasteiger partial charge in [0.2, 0.25) is 0 Å². The summed E-state index contributed by atoms with van der Waals surface area (Å²) in [5.41, 5.74) is 0.454. The van der Waals surface area contributed by atoms with Crippen molar-refractivity contribution in [1.82, 2.24) is 0 Å². The van der Waals surface area contributed by atoms with E-state index in [0.29, 0.717) is 5.60 Å². The van der Waals surface area contributed by atoms with E-state index < -0.39 is 0 Å². The Balaban J connectivity index is 1.60. The summed E-state index contributed by atoms with van der Waals surface area (Å²) in [7, 11) is 0. The zero-order chi connectivity index (χ0) is 10.1. The van der Waals surface area contributed by atoms with Gasteiger partial charge in [0, 0.05) is 0 Å².